The van der Waals surface area contributed by atoms with Crippen molar-refractivity contribution in [2.75, 3.05) is 7.11 Å². The first kappa shape index (κ1) is 20.7. The van der Waals surface area contributed by atoms with Crippen LogP contribution in [-0.4, -0.2) is 35.1 Å². The fourth-order valence-electron chi connectivity index (χ4n) is 2.75. The van der Waals surface area contributed by atoms with E-state index in [4.69, 9.17) is 4.74 Å². The van der Waals surface area contributed by atoms with Gasteiger partial charge in [-0.15, -0.1) is 0 Å². The minimum absolute atomic E-state index is 0.240. The molecule has 3 aromatic rings. The third-order valence-corrected chi connectivity index (χ3v) is 4.71. The monoisotopic (exact) mass is 457 g/mol. The van der Waals surface area contributed by atoms with Crippen molar-refractivity contribution in [1.82, 2.24) is 9.66 Å². The third kappa shape index (κ3) is 4.71. The topological polar surface area (TPSA) is 82.8 Å². The molecule has 7 nitrogen and oxygen atoms in total. The highest BCUT2D eigenvalue weighted by Crippen LogP contribution is 2.17. The number of nitrogens with zero attached hydrogens (tertiary/aromatic N) is 3. The molecule has 0 amide bonds. The second-order valence-corrected chi connectivity index (χ2v) is 7.18. The van der Waals surface area contributed by atoms with Crippen molar-refractivity contribution in [3.05, 3.63) is 68.7 Å². The van der Waals surface area contributed by atoms with Crippen molar-refractivity contribution < 1.29 is 14.3 Å². The number of methoxy groups -OCH3 is 1. The molecule has 0 saturated carbocycles. The standard InChI is InChI=1S/C21H20BrN3O4/c1-4-19-24-18-9-8-15(22)11-17(18)20(26)25(19)23-12-14-6-5-7-16(10-14)29-13(2)21(27)28-3/h5-13H,4H2,1-3H3/t13-/m0/s1. The van der Waals surface area contributed by atoms with E-state index in [1.54, 1.807) is 43.5 Å². The second kappa shape index (κ2) is 9.00. The Kier molecular flexibility index (Phi) is 6.43. The molecule has 0 aliphatic rings. The molecule has 3 rings (SSSR count). The first-order valence-electron chi connectivity index (χ1n) is 9.03. The molecule has 1 heterocycles. The van der Waals surface area contributed by atoms with Crippen molar-refractivity contribution in [2.24, 2.45) is 5.10 Å². The maximum Gasteiger partial charge on any atom is 0.346 e. The Morgan fingerprint density at radius 3 is 2.83 bits per heavy atom. The average Bonchev–Trinajstić information content (AvgIpc) is 2.72. The van der Waals surface area contributed by atoms with Gasteiger partial charge in [0, 0.05) is 10.9 Å². The summed E-state index contributed by atoms with van der Waals surface area (Å²) < 4.78 is 12.3. The number of halogens is 1. The van der Waals surface area contributed by atoms with E-state index in [-0.39, 0.29) is 5.56 Å². The van der Waals surface area contributed by atoms with E-state index in [1.165, 1.54) is 11.8 Å². The average molecular weight is 458 g/mol. The first-order valence-corrected chi connectivity index (χ1v) is 9.82. The summed E-state index contributed by atoms with van der Waals surface area (Å²) in [7, 11) is 1.31. The summed E-state index contributed by atoms with van der Waals surface area (Å²) in [6, 6.07) is 12.4. The van der Waals surface area contributed by atoms with Crippen molar-refractivity contribution in [1.29, 1.82) is 0 Å². The molecular weight excluding hydrogens is 438 g/mol. The number of carbonyl (C=O) groups excluding carboxylic acids is 1. The summed E-state index contributed by atoms with van der Waals surface area (Å²) in [6.45, 7) is 3.53. The van der Waals surface area contributed by atoms with Crippen molar-refractivity contribution in [3.8, 4) is 5.75 Å². The van der Waals surface area contributed by atoms with Gasteiger partial charge in [0.05, 0.1) is 24.2 Å². The number of aryl methyl sites for hydroxylation is 1. The molecule has 8 heteroatoms. The maximum absolute atomic E-state index is 12.9. The molecule has 29 heavy (non-hydrogen) atoms. The molecule has 0 saturated heterocycles. The molecule has 0 fully saturated rings. The zero-order chi connectivity index (χ0) is 21.0. The fourth-order valence-corrected chi connectivity index (χ4v) is 3.11. The molecule has 0 N–H and O–H groups in total. The normalized spacial score (nSPS) is 12.3. The predicted octanol–water partition coefficient (Wildman–Crippen LogP) is 3.54. The van der Waals surface area contributed by atoms with E-state index in [0.29, 0.717) is 34.5 Å². The first-order chi connectivity index (χ1) is 13.9. The van der Waals surface area contributed by atoms with E-state index in [9.17, 15) is 9.59 Å². The Hall–Kier alpha value is -3.00. The van der Waals surface area contributed by atoms with Gasteiger partial charge >= 0.3 is 5.97 Å². The summed E-state index contributed by atoms with van der Waals surface area (Å²) in [4.78, 5) is 29.0. The molecule has 1 aromatic heterocycles. The van der Waals surface area contributed by atoms with E-state index < -0.39 is 12.1 Å². The zero-order valence-corrected chi connectivity index (χ0v) is 17.8. The van der Waals surface area contributed by atoms with Crippen LogP contribution in [-0.2, 0) is 16.0 Å². The van der Waals surface area contributed by atoms with Gasteiger partial charge in [0.15, 0.2) is 6.10 Å². The van der Waals surface area contributed by atoms with E-state index in [1.807, 2.05) is 19.1 Å². The van der Waals surface area contributed by atoms with Crippen molar-refractivity contribution in [3.63, 3.8) is 0 Å². The number of hydrogen-bond acceptors (Lipinski definition) is 6. The Morgan fingerprint density at radius 2 is 2.10 bits per heavy atom. The lowest BCUT2D eigenvalue weighted by molar-refractivity contribution is -0.147. The van der Waals surface area contributed by atoms with Gasteiger partial charge in [-0.1, -0.05) is 35.0 Å². The van der Waals surface area contributed by atoms with Gasteiger partial charge in [0.2, 0.25) is 0 Å². The molecular formula is C21H20BrN3O4. The van der Waals surface area contributed by atoms with Crippen LogP contribution in [0.1, 0.15) is 25.2 Å². The molecule has 0 unspecified atom stereocenters. The van der Waals surface area contributed by atoms with Crippen LogP contribution in [0, 0.1) is 0 Å². The van der Waals surface area contributed by atoms with E-state index in [0.717, 1.165) is 4.47 Å². The van der Waals surface area contributed by atoms with Gasteiger partial charge < -0.3 is 9.47 Å². The molecule has 1 atom stereocenters. The van der Waals surface area contributed by atoms with Crippen LogP contribution in [0.3, 0.4) is 0 Å². The van der Waals surface area contributed by atoms with Crippen LogP contribution in [0.5, 0.6) is 5.75 Å². The summed E-state index contributed by atoms with van der Waals surface area (Å²) in [6.07, 6.45) is 1.38. The molecule has 0 spiro atoms. The Morgan fingerprint density at radius 1 is 1.31 bits per heavy atom. The predicted molar refractivity (Wildman–Crippen MR) is 115 cm³/mol. The van der Waals surface area contributed by atoms with Crippen LogP contribution in [0.2, 0.25) is 0 Å². The molecule has 0 bridgehead atoms. The lowest BCUT2D eigenvalue weighted by Gasteiger charge is -2.12. The van der Waals surface area contributed by atoms with Gasteiger partial charge in [0.25, 0.3) is 5.56 Å². The molecule has 0 radical (unpaired) electrons. The van der Waals surface area contributed by atoms with E-state index >= 15 is 0 Å². The zero-order valence-electron chi connectivity index (χ0n) is 16.3. The number of ether oxygens (including phenoxy) is 2. The maximum atomic E-state index is 12.9. The fraction of sp³-hybridized carbons (Fsp3) is 0.238. The number of rotatable bonds is 6. The summed E-state index contributed by atoms with van der Waals surface area (Å²) in [5, 5.41) is 4.84. The van der Waals surface area contributed by atoms with Gasteiger partial charge in [0.1, 0.15) is 11.6 Å². The van der Waals surface area contributed by atoms with Crippen LogP contribution < -0.4 is 10.3 Å². The van der Waals surface area contributed by atoms with Gasteiger partial charge in [-0.3, -0.25) is 4.79 Å². The summed E-state index contributed by atoms with van der Waals surface area (Å²) >= 11 is 3.38. The van der Waals surface area contributed by atoms with Crippen molar-refractivity contribution in [2.45, 2.75) is 26.4 Å². The Balaban J connectivity index is 1.95. The molecule has 0 aliphatic carbocycles. The highest BCUT2D eigenvalue weighted by Gasteiger charge is 2.14. The van der Waals surface area contributed by atoms with Gasteiger partial charge in [-0.2, -0.15) is 9.78 Å². The third-order valence-electron chi connectivity index (χ3n) is 4.22. The number of hydrogen-bond donors (Lipinski definition) is 0. The Labute approximate surface area is 176 Å². The smallest absolute Gasteiger partial charge is 0.346 e. The van der Waals surface area contributed by atoms with Crippen LogP contribution in [0.15, 0.2) is 56.8 Å². The molecule has 2 aromatic carbocycles. The Bertz CT molecular complexity index is 1140. The van der Waals surface area contributed by atoms with Gasteiger partial charge in [-0.05, 0) is 42.8 Å². The largest absolute Gasteiger partial charge is 0.479 e. The molecule has 0 aliphatic heterocycles. The lowest BCUT2D eigenvalue weighted by atomic mass is 10.2. The summed E-state index contributed by atoms with van der Waals surface area (Å²) in [5.74, 6) is 0.597. The number of fused-ring (bicyclic) bond motifs is 1. The van der Waals surface area contributed by atoms with Crippen LogP contribution in [0.25, 0.3) is 10.9 Å². The second-order valence-electron chi connectivity index (χ2n) is 6.26. The number of carbonyl (C=O) groups is 1. The number of benzene rings is 2. The molecule has 150 valence electrons. The number of esters is 1. The van der Waals surface area contributed by atoms with Crippen LogP contribution >= 0.6 is 15.9 Å². The minimum atomic E-state index is -0.732. The SMILES string of the molecule is CCc1nc2ccc(Br)cc2c(=O)n1N=Cc1cccc(O[C@@H](C)C(=O)OC)c1. The quantitative estimate of drug-likeness (QED) is 0.417. The van der Waals surface area contributed by atoms with E-state index in [2.05, 4.69) is 30.8 Å². The lowest BCUT2D eigenvalue weighted by Crippen LogP contribution is -2.24. The van der Waals surface area contributed by atoms with Crippen molar-refractivity contribution >= 4 is 39.0 Å². The van der Waals surface area contributed by atoms with Gasteiger partial charge in [-0.25, -0.2) is 9.78 Å². The highest BCUT2D eigenvalue weighted by atomic mass is 79.9. The highest BCUT2D eigenvalue weighted by molar-refractivity contribution is 9.10. The van der Waals surface area contributed by atoms with Crippen LogP contribution in [0.4, 0.5) is 0 Å². The summed E-state index contributed by atoms with van der Waals surface area (Å²) in [5.41, 5.74) is 1.10. The number of aromatic nitrogens is 2. The minimum Gasteiger partial charge on any atom is -0.479 e.